The Morgan fingerprint density at radius 3 is 2.61 bits per heavy atom. The minimum atomic E-state index is -0.903. The van der Waals surface area contributed by atoms with E-state index in [1.807, 2.05) is 33.0 Å². The second kappa shape index (κ2) is 14.8. The maximum Gasteiger partial charge on any atom is 0.410 e. The number of likely N-dealkylation sites (N-methyl/N-ethyl adjacent to an activating group) is 2. The highest BCUT2D eigenvalue weighted by atomic mass is 19.1. The number of hydrogen-bond acceptors (Lipinski definition) is 8. The molecule has 0 radical (unpaired) electrons. The average Bonchev–Trinajstić information content (AvgIpc) is 3.38. The van der Waals surface area contributed by atoms with Gasteiger partial charge in [0.05, 0.1) is 29.6 Å². The van der Waals surface area contributed by atoms with Crippen LogP contribution in [0.1, 0.15) is 45.6 Å². The molecule has 3 heterocycles. The lowest BCUT2D eigenvalue weighted by atomic mass is 9.91. The van der Waals surface area contributed by atoms with Crippen LogP contribution in [0.2, 0.25) is 0 Å². The Kier molecular flexibility index (Phi) is 11.1. The topological polar surface area (TPSA) is 126 Å². The number of rotatable bonds is 5. The summed E-state index contributed by atoms with van der Waals surface area (Å²) < 4.78 is 28.3. The van der Waals surface area contributed by atoms with E-state index in [1.165, 1.54) is 24.0 Å². The number of carbonyl (C=O) groups excluding carboxylic acids is 3. The van der Waals surface area contributed by atoms with Crippen LogP contribution >= 0.6 is 0 Å². The molecule has 2 aliphatic heterocycles. The Labute approximate surface area is 257 Å². The lowest BCUT2D eigenvalue weighted by Gasteiger charge is -2.33. The number of piperazine rings is 1. The zero-order valence-corrected chi connectivity index (χ0v) is 26.2. The van der Waals surface area contributed by atoms with E-state index in [2.05, 4.69) is 15.3 Å². The summed E-state index contributed by atoms with van der Waals surface area (Å²) in [6, 6.07) is 3.10. The van der Waals surface area contributed by atoms with Gasteiger partial charge in [-0.3, -0.25) is 14.3 Å². The number of esters is 1. The fourth-order valence-corrected chi connectivity index (χ4v) is 5.55. The highest BCUT2D eigenvalue weighted by molar-refractivity contribution is 5.84. The van der Waals surface area contributed by atoms with Gasteiger partial charge in [-0.05, 0) is 62.1 Å². The van der Waals surface area contributed by atoms with E-state index >= 15 is 4.39 Å². The first-order valence-corrected chi connectivity index (χ1v) is 15.2. The first-order valence-electron chi connectivity index (χ1n) is 15.2. The number of ether oxygens (including phenoxy) is 2. The highest BCUT2D eigenvalue weighted by Crippen LogP contribution is 2.27. The van der Waals surface area contributed by atoms with E-state index in [0.29, 0.717) is 42.6 Å². The summed E-state index contributed by atoms with van der Waals surface area (Å²) in [7, 11) is 3.54. The molecular formula is C32H44FN5O6. The van der Waals surface area contributed by atoms with Gasteiger partial charge >= 0.3 is 12.1 Å². The number of fused-ring (bicyclic) bond motifs is 1. The Hall–Kier alpha value is -3.77. The number of benzene rings is 1. The largest absolute Gasteiger partial charge is 0.457 e. The zero-order chi connectivity index (χ0) is 32.0. The molecule has 0 spiro atoms. The first kappa shape index (κ1) is 33.1. The second-order valence-corrected chi connectivity index (χ2v) is 12.0. The van der Waals surface area contributed by atoms with Gasteiger partial charge in [0.25, 0.3) is 0 Å². The molecule has 2 N–H and O–H groups in total. The third-order valence-electron chi connectivity index (χ3n) is 8.41. The molecule has 0 aliphatic carbocycles. The molecule has 5 atom stereocenters. The molecule has 240 valence electrons. The number of nitrogens with zero attached hydrogens (tertiary/aromatic N) is 4. The van der Waals surface area contributed by atoms with E-state index in [4.69, 9.17) is 9.47 Å². The highest BCUT2D eigenvalue weighted by Gasteiger charge is 2.29. The third kappa shape index (κ3) is 8.44. The molecule has 12 heteroatoms. The Balaban J connectivity index is 1.60. The average molecular weight is 614 g/mol. The number of aliphatic hydroxyl groups is 1. The van der Waals surface area contributed by atoms with Gasteiger partial charge < -0.3 is 29.7 Å². The van der Waals surface area contributed by atoms with E-state index in [9.17, 15) is 19.5 Å². The molecule has 0 unspecified atom stereocenters. The van der Waals surface area contributed by atoms with Gasteiger partial charge in [0, 0.05) is 39.1 Å². The summed E-state index contributed by atoms with van der Waals surface area (Å²) in [5.74, 6) is -1.72. The SMILES string of the molecule is CNC(=O)Cn1ncc2c(F)cc(/C=C(\C)[C@H]3OC(=O)C[C@H](O)CC[C@H](C)[C@@H](OC(=O)N4CCN(C)CC4)/C=C/[C@@H]3C)cc21. The van der Waals surface area contributed by atoms with Crippen molar-refractivity contribution in [2.45, 2.75) is 64.9 Å². The number of cyclic esters (lactones) is 1. The Bertz CT molecular complexity index is 1400. The van der Waals surface area contributed by atoms with E-state index in [-0.39, 0.29) is 42.2 Å². The van der Waals surface area contributed by atoms with Crippen LogP contribution in [-0.2, 0) is 25.6 Å². The zero-order valence-electron chi connectivity index (χ0n) is 26.2. The predicted octanol–water partition coefficient (Wildman–Crippen LogP) is 3.36. The number of aliphatic hydroxyl groups excluding tert-OH is 1. The number of halogens is 1. The Morgan fingerprint density at radius 1 is 1.18 bits per heavy atom. The van der Waals surface area contributed by atoms with Crippen LogP contribution in [0.5, 0.6) is 0 Å². The van der Waals surface area contributed by atoms with Crippen molar-refractivity contribution in [3.63, 3.8) is 0 Å². The van der Waals surface area contributed by atoms with Gasteiger partial charge in [-0.15, -0.1) is 0 Å². The van der Waals surface area contributed by atoms with Gasteiger partial charge in [-0.2, -0.15) is 5.10 Å². The first-order chi connectivity index (χ1) is 20.9. The molecule has 2 amide bonds. The van der Waals surface area contributed by atoms with Gasteiger partial charge in [0.2, 0.25) is 5.91 Å². The monoisotopic (exact) mass is 613 g/mol. The van der Waals surface area contributed by atoms with Crippen molar-refractivity contribution >= 4 is 34.9 Å². The Morgan fingerprint density at radius 2 is 1.91 bits per heavy atom. The lowest BCUT2D eigenvalue weighted by Crippen LogP contribution is -2.48. The molecule has 44 heavy (non-hydrogen) atoms. The molecule has 1 saturated heterocycles. The van der Waals surface area contributed by atoms with Crippen LogP contribution in [0.25, 0.3) is 17.0 Å². The molecule has 2 aliphatic rings. The smallest absolute Gasteiger partial charge is 0.410 e. The van der Waals surface area contributed by atoms with Crippen molar-refractivity contribution in [3.05, 3.63) is 47.4 Å². The molecule has 11 nitrogen and oxygen atoms in total. The minimum Gasteiger partial charge on any atom is -0.457 e. The van der Waals surface area contributed by atoms with Crippen LogP contribution in [0.3, 0.4) is 0 Å². The van der Waals surface area contributed by atoms with E-state index in [1.54, 1.807) is 24.0 Å². The molecule has 1 fully saturated rings. The molecule has 1 aromatic heterocycles. The summed E-state index contributed by atoms with van der Waals surface area (Å²) in [4.78, 5) is 41.7. The minimum absolute atomic E-state index is 0.0606. The van der Waals surface area contributed by atoms with Crippen LogP contribution < -0.4 is 5.32 Å². The number of hydrogen-bond donors (Lipinski definition) is 2. The van der Waals surface area contributed by atoms with Crippen LogP contribution in [0.15, 0.2) is 36.1 Å². The van der Waals surface area contributed by atoms with Crippen molar-refractivity contribution in [3.8, 4) is 0 Å². The van der Waals surface area contributed by atoms with E-state index < -0.39 is 30.1 Å². The molecular weight excluding hydrogens is 569 g/mol. The molecule has 1 aromatic carbocycles. The molecule has 4 rings (SSSR count). The van der Waals surface area contributed by atoms with Crippen molar-refractivity contribution in [1.82, 2.24) is 24.9 Å². The van der Waals surface area contributed by atoms with Crippen LogP contribution in [0, 0.1) is 17.7 Å². The summed E-state index contributed by atoms with van der Waals surface area (Å²) in [6.07, 6.45) is 5.04. The maximum absolute atomic E-state index is 15.0. The second-order valence-electron chi connectivity index (χ2n) is 12.0. The van der Waals surface area contributed by atoms with Crippen molar-refractivity contribution in [2.75, 3.05) is 40.3 Å². The van der Waals surface area contributed by atoms with Gasteiger partial charge in [-0.25, -0.2) is 9.18 Å². The summed E-state index contributed by atoms with van der Waals surface area (Å²) in [5.41, 5.74) is 1.62. The normalized spacial score (nSPS) is 26.8. The van der Waals surface area contributed by atoms with Gasteiger partial charge in [0.1, 0.15) is 24.6 Å². The van der Waals surface area contributed by atoms with Crippen molar-refractivity contribution < 1.29 is 33.4 Å². The number of amides is 2. The number of aromatic nitrogens is 2. The van der Waals surface area contributed by atoms with Gasteiger partial charge in [0.15, 0.2) is 0 Å². The molecule has 2 aromatic rings. The quantitative estimate of drug-likeness (QED) is 0.389. The standard InChI is InChI=1S/C32H44FN5O6/c1-20-6-8-24(39)17-30(41)44-31(21(2)7-9-28(20)43-32(42)37-12-10-36(5)11-13-37)22(3)14-23-15-26(33)25-18-35-38(27(25)16-23)19-29(40)34-4/h7,9,14-16,18,20-21,24,28,31,39H,6,8,10-13,17,19H2,1-5H3,(H,34,40)/b9-7+,22-14+/t20-,21-,24+,28-,31-/m0/s1. The summed E-state index contributed by atoms with van der Waals surface area (Å²) in [5, 5.41) is 17.6. The summed E-state index contributed by atoms with van der Waals surface area (Å²) in [6.45, 7) is 8.33. The molecule has 0 bridgehead atoms. The maximum atomic E-state index is 15.0. The predicted molar refractivity (Wildman–Crippen MR) is 164 cm³/mol. The van der Waals surface area contributed by atoms with Gasteiger partial charge in [-0.1, -0.05) is 26.0 Å². The summed E-state index contributed by atoms with van der Waals surface area (Å²) >= 11 is 0. The third-order valence-corrected chi connectivity index (χ3v) is 8.41. The lowest BCUT2D eigenvalue weighted by molar-refractivity contribution is -0.151. The molecule has 0 saturated carbocycles. The van der Waals surface area contributed by atoms with Crippen molar-refractivity contribution in [1.29, 1.82) is 0 Å². The fourth-order valence-electron chi connectivity index (χ4n) is 5.55. The van der Waals surface area contributed by atoms with E-state index in [0.717, 1.165) is 13.1 Å². The number of nitrogens with one attached hydrogen (secondary N) is 1. The van der Waals surface area contributed by atoms with Crippen molar-refractivity contribution in [2.24, 2.45) is 11.8 Å². The van der Waals surface area contributed by atoms with Crippen LogP contribution in [0.4, 0.5) is 9.18 Å². The fraction of sp³-hybridized carbons (Fsp3) is 0.562. The van der Waals surface area contributed by atoms with Crippen LogP contribution in [-0.4, -0.2) is 101 Å². The number of carbonyl (C=O) groups is 3.